The second kappa shape index (κ2) is 4.91. The van der Waals surface area contributed by atoms with Crippen LogP contribution < -0.4 is 5.32 Å². The number of hydrogen-bond acceptors (Lipinski definition) is 4. The van der Waals surface area contributed by atoms with Gasteiger partial charge in [-0.05, 0) is 19.8 Å². The minimum absolute atomic E-state index is 0.436. The van der Waals surface area contributed by atoms with Crippen molar-refractivity contribution >= 4 is 22.6 Å². The molecule has 1 aromatic rings. The summed E-state index contributed by atoms with van der Waals surface area (Å²) >= 11 is 1.79. The Morgan fingerprint density at radius 2 is 2.44 bits per heavy atom. The van der Waals surface area contributed by atoms with Crippen LogP contribution in [-0.2, 0) is 13.5 Å². The SMILES string of the molecule is CCc1nn(C)cc1NC1=NC(C)CCS1. The molecule has 1 aliphatic heterocycles. The second-order valence-corrected chi connectivity index (χ2v) is 5.15. The van der Waals surface area contributed by atoms with E-state index in [1.807, 2.05) is 17.9 Å². The van der Waals surface area contributed by atoms with Gasteiger partial charge >= 0.3 is 0 Å². The smallest absolute Gasteiger partial charge is 0.161 e. The molecule has 0 bridgehead atoms. The molecule has 0 radical (unpaired) electrons. The van der Waals surface area contributed by atoms with E-state index in [4.69, 9.17) is 0 Å². The first-order chi connectivity index (χ1) is 7.69. The van der Waals surface area contributed by atoms with E-state index in [1.54, 1.807) is 11.8 Å². The molecule has 0 amide bonds. The fraction of sp³-hybridized carbons (Fsp3) is 0.636. The molecule has 4 nitrogen and oxygen atoms in total. The summed E-state index contributed by atoms with van der Waals surface area (Å²) in [6.07, 6.45) is 4.13. The normalized spacial score (nSPS) is 20.7. The Morgan fingerprint density at radius 1 is 1.62 bits per heavy atom. The number of aliphatic imine (C=N–C) groups is 1. The van der Waals surface area contributed by atoms with Gasteiger partial charge in [0.15, 0.2) is 5.17 Å². The molecule has 1 N–H and O–H groups in total. The first-order valence-corrected chi connectivity index (χ1v) is 6.67. The van der Waals surface area contributed by atoms with Crippen molar-refractivity contribution in [1.29, 1.82) is 0 Å². The zero-order valence-corrected chi connectivity index (χ0v) is 10.8. The molecule has 0 fully saturated rings. The number of rotatable bonds is 2. The standard InChI is InChI=1S/C11H18N4S/c1-4-9-10(7-15(3)14-9)13-11-12-8(2)5-6-16-11/h7-8H,4-6H2,1-3H3,(H,12,13). The molecular formula is C11H18N4S. The predicted molar refractivity (Wildman–Crippen MR) is 70.2 cm³/mol. The van der Waals surface area contributed by atoms with Crippen molar-refractivity contribution in [2.45, 2.75) is 32.7 Å². The molecule has 0 spiro atoms. The lowest BCUT2D eigenvalue weighted by Crippen LogP contribution is -2.18. The molecule has 1 atom stereocenters. The summed E-state index contributed by atoms with van der Waals surface area (Å²) in [5, 5.41) is 8.81. The molecule has 0 saturated carbocycles. The predicted octanol–water partition coefficient (Wildman–Crippen LogP) is 2.28. The molecule has 1 unspecified atom stereocenters. The summed E-state index contributed by atoms with van der Waals surface area (Å²) in [5.41, 5.74) is 2.19. The summed E-state index contributed by atoms with van der Waals surface area (Å²) in [6, 6.07) is 0.436. The summed E-state index contributed by atoms with van der Waals surface area (Å²) in [6.45, 7) is 4.28. The number of amidine groups is 1. The fourth-order valence-corrected chi connectivity index (χ4v) is 2.80. The van der Waals surface area contributed by atoms with Gasteiger partial charge in [0, 0.05) is 19.0 Å². The number of thioether (sulfide) groups is 1. The Bertz CT molecular complexity index is 397. The van der Waals surface area contributed by atoms with E-state index in [1.165, 1.54) is 6.42 Å². The van der Waals surface area contributed by atoms with E-state index in [9.17, 15) is 0 Å². The maximum Gasteiger partial charge on any atom is 0.161 e. The molecule has 1 aromatic heterocycles. The molecular weight excluding hydrogens is 220 g/mol. The van der Waals surface area contributed by atoms with Gasteiger partial charge < -0.3 is 5.32 Å². The summed E-state index contributed by atoms with van der Waals surface area (Å²) in [5.74, 6) is 1.15. The summed E-state index contributed by atoms with van der Waals surface area (Å²) < 4.78 is 1.85. The molecule has 16 heavy (non-hydrogen) atoms. The molecule has 0 aliphatic carbocycles. The topological polar surface area (TPSA) is 42.2 Å². The number of nitrogens with one attached hydrogen (secondary N) is 1. The minimum atomic E-state index is 0.436. The van der Waals surface area contributed by atoms with Crippen LogP contribution in [0.25, 0.3) is 0 Å². The van der Waals surface area contributed by atoms with E-state index in [0.29, 0.717) is 6.04 Å². The van der Waals surface area contributed by atoms with Crippen LogP contribution in [0.1, 0.15) is 26.0 Å². The molecule has 5 heteroatoms. The van der Waals surface area contributed by atoms with Gasteiger partial charge in [0.05, 0.1) is 17.4 Å². The number of aromatic nitrogens is 2. The van der Waals surface area contributed by atoms with Crippen molar-refractivity contribution in [1.82, 2.24) is 9.78 Å². The van der Waals surface area contributed by atoms with Gasteiger partial charge in [-0.15, -0.1) is 0 Å². The van der Waals surface area contributed by atoms with Crippen LogP contribution in [0.4, 0.5) is 5.69 Å². The van der Waals surface area contributed by atoms with Gasteiger partial charge in [-0.25, -0.2) is 0 Å². The average molecular weight is 238 g/mol. The molecule has 88 valence electrons. The lowest BCUT2D eigenvalue weighted by molar-refractivity contribution is 0.720. The third-order valence-electron chi connectivity index (χ3n) is 2.59. The third kappa shape index (κ3) is 2.58. The van der Waals surface area contributed by atoms with Crippen molar-refractivity contribution in [3.8, 4) is 0 Å². The van der Waals surface area contributed by atoms with Gasteiger partial charge in [0.25, 0.3) is 0 Å². The van der Waals surface area contributed by atoms with Gasteiger partial charge in [0.2, 0.25) is 0 Å². The number of aryl methyl sites for hydroxylation is 2. The van der Waals surface area contributed by atoms with Gasteiger partial charge in [-0.2, -0.15) is 5.10 Å². The largest absolute Gasteiger partial charge is 0.332 e. The number of anilines is 1. The van der Waals surface area contributed by atoms with Crippen LogP contribution in [0.15, 0.2) is 11.2 Å². The Hall–Kier alpha value is -0.970. The monoisotopic (exact) mass is 238 g/mol. The van der Waals surface area contributed by atoms with Crippen molar-refractivity contribution in [3.05, 3.63) is 11.9 Å². The minimum Gasteiger partial charge on any atom is -0.332 e. The summed E-state index contributed by atoms with van der Waals surface area (Å²) in [4.78, 5) is 4.59. The average Bonchev–Trinajstić information content (AvgIpc) is 2.59. The van der Waals surface area contributed by atoms with Crippen molar-refractivity contribution in [2.24, 2.45) is 12.0 Å². The van der Waals surface area contributed by atoms with Crippen LogP contribution in [0.3, 0.4) is 0 Å². The van der Waals surface area contributed by atoms with Gasteiger partial charge in [-0.3, -0.25) is 9.67 Å². The maximum atomic E-state index is 4.59. The van der Waals surface area contributed by atoms with Crippen molar-refractivity contribution in [3.63, 3.8) is 0 Å². The van der Waals surface area contributed by atoms with Gasteiger partial charge in [-0.1, -0.05) is 18.7 Å². The first-order valence-electron chi connectivity index (χ1n) is 5.69. The van der Waals surface area contributed by atoms with E-state index in [-0.39, 0.29) is 0 Å². The van der Waals surface area contributed by atoms with Crippen molar-refractivity contribution in [2.75, 3.05) is 11.1 Å². The molecule has 2 rings (SSSR count). The molecule has 1 aliphatic rings. The number of nitrogens with zero attached hydrogens (tertiary/aromatic N) is 3. The Morgan fingerprint density at radius 3 is 3.12 bits per heavy atom. The van der Waals surface area contributed by atoms with E-state index in [0.717, 1.165) is 28.7 Å². The Balaban J connectivity index is 2.13. The lowest BCUT2D eigenvalue weighted by Gasteiger charge is -2.17. The van der Waals surface area contributed by atoms with Crippen LogP contribution >= 0.6 is 11.8 Å². The highest BCUT2D eigenvalue weighted by Gasteiger charge is 2.14. The molecule has 2 heterocycles. The highest BCUT2D eigenvalue weighted by atomic mass is 32.2. The third-order valence-corrected chi connectivity index (χ3v) is 3.51. The maximum absolute atomic E-state index is 4.59. The van der Waals surface area contributed by atoms with Crippen LogP contribution in [-0.4, -0.2) is 26.7 Å². The molecule has 0 saturated heterocycles. The zero-order chi connectivity index (χ0) is 11.5. The van der Waals surface area contributed by atoms with Crippen LogP contribution in [0.5, 0.6) is 0 Å². The van der Waals surface area contributed by atoms with Gasteiger partial charge in [0.1, 0.15) is 0 Å². The quantitative estimate of drug-likeness (QED) is 0.859. The highest BCUT2D eigenvalue weighted by molar-refractivity contribution is 8.14. The fourth-order valence-electron chi connectivity index (χ4n) is 1.71. The Labute approximate surface area is 101 Å². The highest BCUT2D eigenvalue weighted by Crippen LogP contribution is 2.21. The lowest BCUT2D eigenvalue weighted by atomic mass is 10.3. The Kier molecular flexibility index (Phi) is 3.53. The number of hydrogen-bond donors (Lipinski definition) is 1. The van der Waals surface area contributed by atoms with Crippen molar-refractivity contribution < 1.29 is 0 Å². The summed E-state index contributed by atoms with van der Waals surface area (Å²) in [7, 11) is 1.95. The van der Waals surface area contributed by atoms with E-state index >= 15 is 0 Å². The van der Waals surface area contributed by atoms with E-state index in [2.05, 4.69) is 29.3 Å². The van der Waals surface area contributed by atoms with Crippen LogP contribution in [0.2, 0.25) is 0 Å². The molecule has 0 aromatic carbocycles. The first kappa shape index (κ1) is 11.5. The second-order valence-electron chi connectivity index (χ2n) is 4.06. The van der Waals surface area contributed by atoms with Crippen LogP contribution in [0, 0.1) is 0 Å². The zero-order valence-electron chi connectivity index (χ0n) is 10.0. The van der Waals surface area contributed by atoms with E-state index < -0.39 is 0 Å².